The molecule has 1 saturated carbocycles. The van der Waals surface area contributed by atoms with Crippen LogP contribution in [0.3, 0.4) is 0 Å². The number of fused-ring (bicyclic) bond motifs is 3. The Hall–Kier alpha value is -3.35. The van der Waals surface area contributed by atoms with E-state index in [1.165, 1.54) is 0 Å². The number of alkyl carbamates (subject to hydrolysis) is 1. The highest BCUT2D eigenvalue weighted by atomic mass is 16.5. The van der Waals surface area contributed by atoms with Gasteiger partial charge < -0.3 is 20.5 Å². The van der Waals surface area contributed by atoms with Crippen molar-refractivity contribution in [1.82, 2.24) is 10.6 Å². The summed E-state index contributed by atoms with van der Waals surface area (Å²) in [6.07, 6.45) is 2.56. The number of aliphatic carboxylic acids is 1. The molecule has 1 fully saturated rings. The van der Waals surface area contributed by atoms with Gasteiger partial charge in [0.15, 0.2) is 0 Å². The van der Waals surface area contributed by atoms with E-state index in [0.717, 1.165) is 41.5 Å². The largest absolute Gasteiger partial charge is 0.481 e. The minimum Gasteiger partial charge on any atom is -0.481 e. The number of nitrogens with one attached hydrogen (secondary N) is 2. The lowest BCUT2D eigenvalue weighted by Crippen LogP contribution is -2.50. The van der Waals surface area contributed by atoms with E-state index in [1.807, 2.05) is 38.1 Å². The van der Waals surface area contributed by atoms with Gasteiger partial charge in [0.25, 0.3) is 0 Å². The second kappa shape index (κ2) is 10.9. The van der Waals surface area contributed by atoms with E-state index in [-0.39, 0.29) is 36.8 Å². The summed E-state index contributed by atoms with van der Waals surface area (Å²) in [6, 6.07) is 15.4. The predicted molar refractivity (Wildman–Crippen MR) is 133 cm³/mol. The van der Waals surface area contributed by atoms with E-state index >= 15 is 0 Å². The number of rotatable bonds is 10. The Kier molecular flexibility index (Phi) is 7.73. The first-order valence-corrected chi connectivity index (χ1v) is 12.5. The van der Waals surface area contributed by atoms with Crippen LogP contribution in [0.1, 0.15) is 56.6 Å². The first-order chi connectivity index (χ1) is 16.8. The zero-order valence-electron chi connectivity index (χ0n) is 20.3. The van der Waals surface area contributed by atoms with E-state index in [1.54, 1.807) is 0 Å². The molecule has 2 aromatic rings. The average Bonchev–Trinajstić information content (AvgIpc) is 3.11. The van der Waals surface area contributed by atoms with Gasteiger partial charge in [-0.2, -0.15) is 0 Å². The van der Waals surface area contributed by atoms with Crippen molar-refractivity contribution in [1.29, 1.82) is 0 Å². The molecular formula is C28H34N2O5. The van der Waals surface area contributed by atoms with E-state index in [9.17, 15) is 19.5 Å². The van der Waals surface area contributed by atoms with Crippen molar-refractivity contribution >= 4 is 18.0 Å². The molecule has 4 rings (SSSR count). The van der Waals surface area contributed by atoms with Crippen LogP contribution in [0.4, 0.5) is 4.79 Å². The molecule has 2 aromatic carbocycles. The normalized spacial score (nSPS) is 16.5. The van der Waals surface area contributed by atoms with E-state index in [2.05, 4.69) is 34.9 Å². The number of carboxylic acids is 1. The van der Waals surface area contributed by atoms with Crippen LogP contribution in [0.2, 0.25) is 0 Å². The molecule has 2 aliphatic rings. The van der Waals surface area contributed by atoms with Crippen LogP contribution in [0.15, 0.2) is 48.5 Å². The third kappa shape index (κ3) is 5.66. The summed E-state index contributed by atoms with van der Waals surface area (Å²) in [5, 5.41) is 15.0. The van der Waals surface area contributed by atoms with Crippen molar-refractivity contribution in [2.24, 2.45) is 17.8 Å². The van der Waals surface area contributed by atoms with Gasteiger partial charge in [-0.1, -0.05) is 68.8 Å². The van der Waals surface area contributed by atoms with Crippen molar-refractivity contribution in [3.05, 3.63) is 59.7 Å². The Balaban J connectivity index is 1.36. The maximum Gasteiger partial charge on any atom is 0.407 e. The fourth-order valence-corrected chi connectivity index (χ4v) is 5.12. The highest BCUT2D eigenvalue weighted by Gasteiger charge is 2.34. The zero-order valence-corrected chi connectivity index (χ0v) is 20.3. The molecule has 2 atom stereocenters. The van der Waals surface area contributed by atoms with Crippen LogP contribution in [-0.2, 0) is 14.3 Å². The lowest BCUT2D eigenvalue weighted by Gasteiger charge is -2.31. The summed E-state index contributed by atoms with van der Waals surface area (Å²) in [7, 11) is 0. The molecule has 186 valence electrons. The second-order valence-corrected chi connectivity index (χ2v) is 10.0. The fraction of sp³-hybridized carbons (Fsp3) is 0.464. The summed E-state index contributed by atoms with van der Waals surface area (Å²) in [5.74, 6) is -1.67. The molecule has 35 heavy (non-hydrogen) atoms. The second-order valence-electron chi connectivity index (χ2n) is 10.0. The quantitative estimate of drug-likeness (QED) is 0.464. The summed E-state index contributed by atoms with van der Waals surface area (Å²) in [6.45, 7) is 4.17. The van der Waals surface area contributed by atoms with Gasteiger partial charge in [-0.25, -0.2) is 4.79 Å². The van der Waals surface area contributed by atoms with Gasteiger partial charge in [0.05, 0.1) is 5.92 Å². The van der Waals surface area contributed by atoms with Gasteiger partial charge >= 0.3 is 12.1 Å². The van der Waals surface area contributed by atoms with Crippen LogP contribution in [0, 0.1) is 17.8 Å². The monoisotopic (exact) mass is 478 g/mol. The minimum atomic E-state index is -0.889. The molecule has 2 unspecified atom stereocenters. The number of hydrogen-bond donors (Lipinski definition) is 3. The molecule has 2 aliphatic carbocycles. The standard InChI is InChI=1S/C28H34N2O5/c1-17(2)14-25(26(31)29-15-23(27(32)33)18-8-7-9-18)30-28(34)35-16-24-21-12-5-3-10-19(21)20-11-4-6-13-22(20)24/h3-6,10-13,17-18,23-25H,7-9,14-16H2,1-2H3,(H,29,31)(H,30,34)(H,32,33). The molecule has 7 heteroatoms. The van der Waals surface area contributed by atoms with Crippen molar-refractivity contribution in [2.75, 3.05) is 13.2 Å². The lowest BCUT2D eigenvalue weighted by atomic mass is 9.76. The molecule has 0 spiro atoms. The van der Waals surface area contributed by atoms with Crippen molar-refractivity contribution < 1.29 is 24.2 Å². The van der Waals surface area contributed by atoms with E-state index in [0.29, 0.717) is 6.42 Å². The molecule has 0 radical (unpaired) electrons. The molecule has 2 amide bonds. The molecule has 0 heterocycles. The predicted octanol–water partition coefficient (Wildman–Crippen LogP) is 4.56. The van der Waals surface area contributed by atoms with Crippen LogP contribution in [-0.4, -0.2) is 42.3 Å². The molecule has 0 bridgehead atoms. The third-order valence-corrected chi connectivity index (χ3v) is 7.19. The van der Waals surface area contributed by atoms with Crippen LogP contribution >= 0.6 is 0 Å². The maximum absolute atomic E-state index is 12.9. The molecule has 0 saturated heterocycles. The Morgan fingerprint density at radius 1 is 1.00 bits per heavy atom. The minimum absolute atomic E-state index is 0.0654. The Labute approximate surface area is 206 Å². The lowest BCUT2D eigenvalue weighted by molar-refractivity contribution is -0.145. The summed E-state index contributed by atoms with van der Waals surface area (Å²) < 4.78 is 5.61. The highest BCUT2D eigenvalue weighted by molar-refractivity contribution is 5.86. The van der Waals surface area contributed by atoms with Crippen LogP contribution < -0.4 is 10.6 Å². The molecule has 0 aromatic heterocycles. The van der Waals surface area contributed by atoms with Gasteiger partial charge in [-0.3, -0.25) is 9.59 Å². The Morgan fingerprint density at radius 2 is 1.60 bits per heavy atom. The number of carbonyl (C=O) groups is 3. The number of carbonyl (C=O) groups excluding carboxylic acids is 2. The molecular weight excluding hydrogens is 444 g/mol. The summed E-state index contributed by atoms with van der Waals surface area (Å²) in [5.41, 5.74) is 4.53. The van der Waals surface area contributed by atoms with Crippen molar-refractivity contribution in [2.45, 2.75) is 51.5 Å². The van der Waals surface area contributed by atoms with E-state index < -0.39 is 24.0 Å². The van der Waals surface area contributed by atoms with Gasteiger partial charge in [0, 0.05) is 12.5 Å². The fourth-order valence-electron chi connectivity index (χ4n) is 5.12. The van der Waals surface area contributed by atoms with E-state index in [4.69, 9.17) is 4.74 Å². The van der Waals surface area contributed by atoms with Crippen molar-refractivity contribution in [3.63, 3.8) is 0 Å². The summed E-state index contributed by atoms with van der Waals surface area (Å²) in [4.78, 5) is 37.2. The Bertz CT molecular complexity index is 1030. The average molecular weight is 479 g/mol. The third-order valence-electron chi connectivity index (χ3n) is 7.19. The van der Waals surface area contributed by atoms with Crippen molar-refractivity contribution in [3.8, 4) is 11.1 Å². The number of ether oxygens (including phenoxy) is 1. The van der Waals surface area contributed by atoms with Gasteiger partial charge in [0.1, 0.15) is 12.6 Å². The topological polar surface area (TPSA) is 105 Å². The van der Waals surface area contributed by atoms with Gasteiger partial charge in [0.2, 0.25) is 5.91 Å². The maximum atomic E-state index is 12.9. The van der Waals surface area contributed by atoms with Gasteiger partial charge in [-0.15, -0.1) is 0 Å². The zero-order chi connectivity index (χ0) is 24.9. The first kappa shape index (κ1) is 24.8. The Morgan fingerprint density at radius 3 is 2.11 bits per heavy atom. The number of carboxylic acid groups (broad SMARTS) is 1. The van der Waals surface area contributed by atoms with Crippen LogP contribution in [0.25, 0.3) is 11.1 Å². The van der Waals surface area contributed by atoms with Crippen LogP contribution in [0.5, 0.6) is 0 Å². The number of amides is 2. The molecule has 3 N–H and O–H groups in total. The smallest absolute Gasteiger partial charge is 0.407 e. The molecule has 7 nitrogen and oxygen atoms in total. The molecule has 0 aliphatic heterocycles. The summed E-state index contributed by atoms with van der Waals surface area (Å²) >= 11 is 0. The highest BCUT2D eigenvalue weighted by Crippen LogP contribution is 2.44. The van der Waals surface area contributed by atoms with Gasteiger partial charge in [-0.05, 0) is 53.4 Å². The number of hydrogen-bond acceptors (Lipinski definition) is 4. The number of benzene rings is 2. The SMILES string of the molecule is CC(C)CC(NC(=O)OCC1c2ccccc2-c2ccccc21)C(=O)NCC(C(=O)O)C1CCC1. The first-order valence-electron chi connectivity index (χ1n) is 12.5.